The number of unbranched alkanes of at least 4 members (excludes halogenated alkanes) is 2. The van der Waals surface area contributed by atoms with Gasteiger partial charge in [0.05, 0.1) is 6.10 Å². The van der Waals surface area contributed by atoms with Crippen molar-refractivity contribution in [1.82, 2.24) is 4.90 Å². The predicted molar refractivity (Wildman–Crippen MR) is 92.7 cm³/mol. The van der Waals surface area contributed by atoms with E-state index >= 15 is 0 Å². The number of nitrogens with zero attached hydrogens (tertiary/aromatic N) is 1. The smallest absolute Gasteiger partial charge is 0.0764 e. The van der Waals surface area contributed by atoms with E-state index in [0.717, 1.165) is 23.6 Å². The van der Waals surface area contributed by atoms with E-state index in [-0.39, 0.29) is 5.92 Å². The van der Waals surface area contributed by atoms with E-state index in [1.807, 2.05) is 36.4 Å². The number of hydrogen-bond donors (Lipinski definition) is 1. The largest absolute Gasteiger partial charge is 0.389 e. The highest BCUT2D eigenvalue weighted by Crippen LogP contribution is 2.20. The Kier molecular flexibility index (Phi) is 8.67. The summed E-state index contributed by atoms with van der Waals surface area (Å²) in [7, 11) is 4.11. The van der Waals surface area contributed by atoms with Crippen LogP contribution < -0.4 is 0 Å². The van der Waals surface area contributed by atoms with Crippen molar-refractivity contribution in [2.45, 2.75) is 38.7 Å². The van der Waals surface area contributed by atoms with Gasteiger partial charge in [-0.3, -0.25) is 0 Å². The summed E-state index contributed by atoms with van der Waals surface area (Å²) in [6.45, 7) is 3.10. The van der Waals surface area contributed by atoms with Crippen molar-refractivity contribution in [3.8, 4) is 0 Å². The lowest BCUT2D eigenvalue weighted by molar-refractivity contribution is 0.122. The molecule has 1 aromatic carbocycles. The molecule has 2 nitrogen and oxygen atoms in total. The molecule has 0 aliphatic carbocycles. The van der Waals surface area contributed by atoms with Gasteiger partial charge in [0.1, 0.15) is 0 Å². The first-order chi connectivity index (χ1) is 10.0. The zero-order chi connectivity index (χ0) is 15.7. The van der Waals surface area contributed by atoms with E-state index in [9.17, 15) is 5.11 Å². The molecule has 0 aliphatic rings. The standard InChI is InChI=1S/C18H28ClNO/c1-4-5-6-10-16(14-20(2)3)18(21)13-12-15-9-7-8-11-17(15)19/h7-9,11-13,16,18,21H,4-6,10,14H2,1-3H3/b13-12-/t16-,18+/m0/s1. The van der Waals surface area contributed by atoms with Gasteiger partial charge in [0.25, 0.3) is 0 Å². The average Bonchev–Trinajstić information content (AvgIpc) is 2.45. The summed E-state index contributed by atoms with van der Waals surface area (Å²) in [6, 6.07) is 7.70. The highest BCUT2D eigenvalue weighted by Gasteiger charge is 2.17. The number of benzene rings is 1. The fourth-order valence-electron chi connectivity index (χ4n) is 2.47. The monoisotopic (exact) mass is 309 g/mol. The molecule has 1 aromatic rings. The van der Waals surface area contributed by atoms with Crippen LogP contribution in [0.5, 0.6) is 0 Å². The van der Waals surface area contributed by atoms with Gasteiger partial charge in [0, 0.05) is 17.5 Å². The van der Waals surface area contributed by atoms with Gasteiger partial charge in [-0.1, -0.05) is 68.1 Å². The number of hydrogen-bond acceptors (Lipinski definition) is 2. The second kappa shape index (κ2) is 9.99. The molecule has 0 aromatic heterocycles. The van der Waals surface area contributed by atoms with E-state index in [1.54, 1.807) is 0 Å². The molecular weight excluding hydrogens is 282 g/mol. The zero-order valence-corrected chi connectivity index (χ0v) is 14.2. The average molecular weight is 310 g/mol. The third-order valence-electron chi connectivity index (χ3n) is 3.64. The first-order valence-corrected chi connectivity index (χ1v) is 8.18. The van der Waals surface area contributed by atoms with Crippen molar-refractivity contribution in [3.05, 3.63) is 40.9 Å². The lowest BCUT2D eigenvalue weighted by Gasteiger charge is -2.24. The molecule has 0 bridgehead atoms. The first-order valence-electron chi connectivity index (χ1n) is 7.80. The maximum Gasteiger partial charge on any atom is 0.0764 e. The van der Waals surface area contributed by atoms with Crippen LogP contribution in [0.25, 0.3) is 6.08 Å². The van der Waals surface area contributed by atoms with Gasteiger partial charge in [0.15, 0.2) is 0 Å². The first kappa shape index (κ1) is 18.2. The lowest BCUT2D eigenvalue weighted by atomic mass is 9.94. The van der Waals surface area contributed by atoms with Gasteiger partial charge in [-0.25, -0.2) is 0 Å². The van der Waals surface area contributed by atoms with Gasteiger partial charge in [-0.15, -0.1) is 0 Å². The Morgan fingerprint density at radius 1 is 1.24 bits per heavy atom. The van der Waals surface area contributed by atoms with Crippen molar-refractivity contribution in [3.63, 3.8) is 0 Å². The molecule has 118 valence electrons. The minimum absolute atomic E-state index is 0.269. The molecule has 0 unspecified atom stereocenters. The normalized spacial score (nSPS) is 14.8. The Morgan fingerprint density at radius 3 is 2.57 bits per heavy atom. The Balaban J connectivity index is 2.66. The lowest BCUT2D eigenvalue weighted by Crippen LogP contribution is -2.30. The molecule has 21 heavy (non-hydrogen) atoms. The highest BCUT2D eigenvalue weighted by molar-refractivity contribution is 6.32. The minimum atomic E-state index is -0.430. The second-order valence-electron chi connectivity index (χ2n) is 5.89. The molecule has 1 N–H and O–H groups in total. The summed E-state index contributed by atoms with van der Waals surface area (Å²) >= 11 is 6.13. The minimum Gasteiger partial charge on any atom is -0.389 e. The molecule has 2 atom stereocenters. The van der Waals surface area contributed by atoms with Crippen LogP contribution in [0.2, 0.25) is 5.02 Å². The summed E-state index contributed by atoms with van der Waals surface area (Å²) in [6.07, 6.45) is 8.04. The van der Waals surface area contributed by atoms with E-state index in [4.69, 9.17) is 11.6 Å². The molecule has 0 amide bonds. The fraction of sp³-hybridized carbons (Fsp3) is 0.556. The molecule has 0 heterocycles. The number of aliphatic hydroxyl groups is 1. The van der Waals surface area contributed by atoms with Crippen LogP contribution in [-0.2, 0) is 0 Å². The quantitative estimate of drug-likeness (QED) is 0.680. The van der Waals surface area contributed by atoms with Crippen molar-refractivity contribution >= 4 is 17.7 Å². The van der Waals surface area contributed by atoms with Crippen molar-refractivity contribution < 1.29 is 5.11 Å². The molecule has 0 saturated heterocycles. The number of aliphatic hydroxyl groups excluding tert-OH is 1. The number of rotatable bonds is 9. The van der Waals surface area contributed by atoms with Crippen LogP contribution in [0.4, 0.5) is 0 Å². The molecule has 0 spiro atoms. The maximum atomic E-state index is 10.5. The van der Waals surface area contributed by atoms with Crippen LogP contribution in [0.3, 0.4) is 0 Å². The summed E-state index contributed by atoms with van der Waals surface area (Å²) in [5.41, 5.74) is 0.954. The SMILES string of the molecule is CCCCC[C@@H](CN(C)C)[C@H](O)/C=C\c1ccccc1Cl. The van der Waals surface area contributed by atoms with E-state index in [0.29, 0.717) is 0 Å². The van der Waals surface area contributed by atoms with Crippen LogP contribution in [0, 0.1) is 5.92 Å². The third kappa shape index (κ3) is 7.12. The van der Waals surface area contributed by atoms with Crippen LogP contribution in [0.15, 0.2) is 30.3 Å². The Hall–Kier alpha value is -0.830. The van der Waals surface area contributed by atoms with E-state index < -0.39 is 6.10 Å². The van der Waals surface area contributed by atoms with Gasteiger partial charge in [-0.05, 0) is 32.1 Å². The third-order valence-corrected chi connectivity index (χ3v) is 3.98. The van der Waals surface area contributed by atoms with Crippen molar-refractivity contribution in [1.29, 1.82) is 0 Å². The Bertz CT molecular complexity index is 431. The Morgan fingerprint density at radius 2 is 1.95 bits per heavy atom. The zero-order valence-electron chi connectivity index (χ0n) is 13.4. The van der Waals surface area contributed by atoms with Crippen LogP contribution in [0.1, 0.15) is 38.2 Å². The van der Waals surface area contributed by atoms with E-state index in [1.165, 1.54) is 19.3 Å². The van der Waals surface area contributed by atoms with Crippen molar-refractivity contribution in [2.24, 2.45) is 5.92 Å². The molecule has 3 heteroatoms. The molecular formula is C18H28ClNO. The topological polar surface area (TPSA) is 23.5 Å². The van der Waals surface area contributed by atoms with Gasteiger partial charge < -0.3 is 10.0 Å². The molecule has 0 radical (unpaired) electrons. The second-order valence-corrected chi connectivity index (χ2v) is 6.30. The van der Waals surface area contributed by atoms with Crippen LogP contribution in [-0.4, -0.2) is 36.8 Å². The van der Waals surface area contributed by atoms with Gasteiger partial charge >= 0.3 is 0 Å². The van der Waals surface area contributed by atoms with Crippen LogP contribution >= 0.6 is 11.6 Å². The molecule has 0 fully saturated rings. The van der Waals surface area contributed by atoms with Gasteiger partial charge in [0.2, 0.25) is 0 Å². The fourth-order valence-corrected chi connectivity index (χ4v) is 2.66. The van der Waals surface area contributed by atoms with Crippen molar-refractivity contribution in [2.75, 3.05) is 20.6 Å². The molecule has 0 aliphatic heterocycles. The summed E-state index contributed by atoms with van der Waals surface area (Å²) in [5, 5.41) is 11.2. The Labute approximate surface area is 134 Å². The molecule has 1 rings (SSSR count). The summed E-state index contributed by atoms with van der Waals surface area (Å²) < 4.78 is 0. The highest BCUT2D eigenvalue weighted by atomic mass is 35.5. The van der Waals surface area contributed by atoms with E-state index in [2.05, 4.69) is 25.9 Å². The number of halogens is 1. The van der Waals surface area contributed by atoms with Gasteiger partial charge in [-0.2, -0.15) is 0 Å². The summed E-state index contributed by atoms with van der Waals surface area (Å²) in [5.74, 6) is 0.269. The molecule has 0 saturated carbocycles. The maximum absolute atomic E-state index is 10.5. The summed E-state index contributed by atoms with van der Waals surface area (Å²) in [4.78, 5) is 2.14. The predicted octanol–water partition coefficient (Wildman–Crippen LogP) is 4.47.